The molecule has 0 aliphatic carbocycles. The number of allylic oxidation sites excluding steroid dienone is 1. The summed E-state index contributed by atoms with van der Waals surface area (Å²) in [5.74, 6) is 0. The Labute approximate surface area is 44.2 Å². The van der Waals surface area contributed by atoms with Crippen LogP contribution in [0.5, 0.6) is 0 Å². The largest absolute Gasteiger partial charge is 0.403 e. The molecule has 0 bridgehead atoms. The van der Waals surface area contributed by atoms with Gasteiger partial charge in [-0.3, -0.25) is 0 Å². The van der Waals surface area contributed by atoms with E-state index in [1.54, 1.807) is 0 Å². The lowest BCUT2D eigenvalue weighted by Gasteiger charge is -1.92. The van der Waals surface area contributed by atoms with E-state index in [-0.39, 0.29) is 0 Å². The normalized spacial score (nSPS) is 8.71. The SMILES string of the molecule is C=C(N)CCCN. The van der Waals surface area contributed by atoms with Crippen molar-refractivity contribution in [1.82, 2.24) is 0 Å². The highest BCUT2D eigenvalue weighted by molar-refractivity contribution is 4.84. The molecular weight excluding hydrogens is 88.1 g/mol. The van der Waals surface area contributed by atoms with Crippen molar-refractivity contribution in [2.24, 2.45) is 11.5 Å². The fourth-order valence-corrected chi connectivity index (χ4v) is 0.329. The minimum Gasteiger partial charge on any atom is -0.403 e. The summed E-state index contributed by atoms with van der Waals surface area (Å²) >= 11 is 0. The maximum absolute atomic E-state index is 5.23. The molecule has 0 rings (SSSR count). The summed E-state index contributed by atoms with van der Waals surface area (Å²) in [6.07, 6.45) is 1.81. The molecule has 0 fully saturated rings. The highest BCUT2D eigenvalue weighted by Gasteiger charge is 1.81. The van der Waals surface area contributed by atoms with Gasteiger partial charge >= 0.3 is 0 Å². The van der Waals surface area contributed by atoms with Gasteiger partial charge in [0.1, 0.15) is 0 Å². The van der Waals surface area contributed by atoms with Gasteiger partial charge in [-0.15, -0.1) is 0 Å². The van der Waals surface area contributed by atoms with Crippen molar-refractivity contribution in [3.8, 4) is 0 Å². The number of nitrogens with two attached hydrogens (primary N) is 2. The summed E-state index contributed by atoms with van der Waals surface area (Å²) in [4.78, 5) is 0. The Morgan fingerprint density at radius 2 is 2.14 bits per heavy atom. The molecule has 0 spiro atoms. The standard InChI is InChI=1S/C5H12N2/c1-5(7)3-2-4-6/h1-4,6-7H2. The van der Waals surface area contributed by atoms with Crippen molar-refractivity contribution in [1.29, 1.82) is 0 Å². The van der Waals surface area contributed by atoms with Crippen LogP contribution in [0.3, 0.4) is 0 Å². The van der Waals surface area contributed by atoms with E-state index in [9.17, 15) is 0 Å². The van der Waals surface area contributed by atoms with E-state index in [0.717, 1.165) is 18.5 Å². The van der Waals surface area contributed by atoms with Crippen LogP contribution >= 0.6 is 0 Å². The molecule has 0 amide bonds. The third kappa shape index (κ3) is 5.50. The third-order valence-electron chi connectivity index (χ3n) is 0.702. The average molecular weight is 100 g/mol. The second-order valence-corrected chi connectivity index (χ2v) is 1.55. The molecule has 4 N–H and O–H groups in total. The molecule has 0 aliphatic heterocycles. The maximum atomic E-state index is 5.23. The van der Waals surface area contributed by atoms with Crippen molar-refractivity contribution in [2.75, 3.05) is 6.54 Å². The summed E-state index contributed by atoms with van der Waals surface area (Å²) in [5.41, 5.74) is 11.1. The first-order valence-electron chi connectivity index (χ1n) is 2.40. The molecule has 0 aliphatic rings. The van der Waals surface area contributed by atoms with E-state index in [2.05, 4.69) is 6.58 Å². The maximum Gasteiger partial charge on any atom is 0.000792 e. The van der Waals surface area contributed by atoms with Crippen LogP contribution in [-0.4, -0.2) is 6.54 Å². The summed E-state index contributed by atoms with van der Waals surface area (Å²) < 4.78 is 0. The molecule has 0 aromatic carbocycles. The summed E-state index contributed by atoms with van der Waals surface area (Å²) in [6, 6.07) is 0. The van der Waals surface area contributed by atoms with Crippen molar-refractivity contribution < 1.29 is 0 Å². The van der Waals surface area contributed by atoms with Gasteiger partial charge in [-0.25, -0.2) is 0 Å². The van der Waals surface area contributed by atoms with Gasteiger partial charge in [0.15, 0.2) is 0 Å². The molecule has 0 aromatic rings. The lowest BCUT2D eigenvalue weighted by molar-refractivity contribution is 0.818. The van der Waals surface area contributed by atoms with Crippen molar-refractivity contribution in [2.45, 2.75) is 12.8 Å². The Hall–Kier alpha value is -0.500. The molecule has 0 heterocycles. The molecule has 42 valence electrons. The molecule has 0 unspecified atom stereocenters. The Balaban J connectivity index is 2.82. The first-order chi connectivity index (χ1) is 3.27. The minimum absolute atomic E-state index is 0.705. The molecule has 0 atom stereocenters. The predicted octanol–water partition coefficient (Wildman–Crippen LogP) is 0.198. The van der Waals surface area contributed by atoms with Crippen LogP contribution in [0.4, 0.5) is 0 Å². The van der Waals surface area contributed by atoms with Gasteiger partial charge < -0.3 is 11.5 Å². The summed E-state index contributed by atoms with van der Waals surface area (Å²) in [6.45, 7) is 4.22. The molecule has 2 heteroatoms. The third-order valence-corrected chi connectivity index (χ3v) is 0.702. The zero-order chi connectivity index (χ0) is 5.70. The first-order valence-corrected chi connectivity index (χ1v) is 2.40. The minimum atomic E-state index is 0.705. The van der Waals surface area contributed by atoms with Crippen LogP contribution in [-0.2, 0) is 0 Å². The van der Waals surface area contributed by atoms with E-state index in [1.165, 1.54) is 0 Å². The Kier molecular flexibility index (Phi) is 3.42. The van der Waals surface area contributed by atoms with Gasteiger partial charge in [0.25, 0.3) is 0 Å². The van der Waals surface area contributed by atoms with Crippen molar-refractivity contribution >= 4 is 0 Å². The molecule has 2 nitrogen and oxygen atoms in total. The van der Waals surface area contributed by atoms with Crippen LogP contribution in [0.25, 0.3) is 0 Å². The summed E-state index contributed by atoms with van der Waals surface area (Å²) in [7, 11) is 0. The number of hydrogen-bond donors (Lipinski definition) is 2. The lowest BCUT2D eigenvalue weighted by atomic mass is 10.3. The highest BCUT2D eigenvalue weighted by atomic mass is 14.6. The fraction of sp³-hybridized carbons (Fsp3) is 0.600. The number of hydrogen-bond acceptors (Lipinski definition) is 2. The van der Waals surface area contributed by atoms with E-state index < -0.39 is 0 Å². The fourth-order valence-electron chi connectivity index (χ4n) is 0.329. The van der Waals surface area contributed by atoms with Gasteiger partial charge in [-0.05, 0) is 19.4 Å². The average Bonchev–Trinajstić information content (AvgIpc) is 1.61. The Morgan fingerprint density at radius 1 is 1.57 bits per heavy atom. The molecule has 0 saturated heterocycles. The van der Waals surface area contributed by atoms with E-state index in [4.69, 9.17) is 11.5 Å². The van der Waals surface area contributed by atoms with Gasteiger partial charge in [0, 0.05) is 5.70 Å². The van der Waals surface area contributed by atoms with Gasteiger partial charge in [-0.2, -0.15) is 0 Å². The van der Waals surface area contributed by atoms with Gasteiger partial charge in [-0.1, -0.05) is 6.58 Å². The zero-order valence-electron chi connectivity index (χ0n) is 4.48. The predicted molar refractivity (Wildman–Crippen MR) is 31.6 cm³/mol. The summed E-state index contributed by atoms with van der Waals surface area (Å²) in [5, 5.41) is 0. The van der Waals surface area contributed by atoms with E-state index >= 15 is 0 Å². The lowest BCUT2D eigenvalue weighted by Crippen LogP contribution is -2.01. The van der Waals surface area contributed by atoms with Crippen LogP contribution in [0.15, 0.2) is 12.3 Å². The zero-order valence-corrected chi connectivity index (χ0v) is 4.48. The molecule has 0 radical (unpaired) electrons. The quantitative estimate of drug-likeness (QED) is 0.532. The van der Waals surface area contributed by atoms with Crippen LogP contribution in [0.1, 0.15) is 12.8 Å². The second kappa shape index (κ2) is 3.68. The monoisotopic (exact) mass is 100 g/mol. The van der Waals surface area contributed by atoms with E-state index in [1.807, 2.05) is 0 Å². The molecule has 0 saturated carbocycles. The van der Waals surface area contributed by atoms with E-state index in [0.29, 0.717) is 6.54 Å². The first kappa shape index (κ1) is 6.50. The topological polar surface area (TPSA) is 52.0 Å². The Bertz CT molecular complexity index is 59.1. The highest BCUT2D eigenvalue weighted by Crippen LogP contribution is 1.90. The molecular formula is C5H12N2. The number of rotatable bonds is 3. The van der Waals surface area contributed by atoms with Crippen LogP contribution in [0.2, 0.25) is 0 Å². The van der Waals surface area contributed by atoms with Gasteiger partial charge in [0.2, 0.25) is 0 Å². The van der Waals surface area contributed by atoms with Crippen molar-refractivity contribution in [3.63, 3.8) is 0 Å². The smallest absolute Gasteiger partial charge is 0.000792 e. The van der Waals surface area contributed by atoms with Gasteiger partial charge in [0.05, 0.1) is 0 Å². The van der Waals surface area contributed by atoms with Crippen molar-refractivity contribution in [3.05, 3.63) is 12.3 Å². The molecule has 0 aromatic heterocycles. The Morgan fingerprint density at radius 3 is 2.29 bits per heavy atom. The second-order valence-electron chi connectivity index (χ2n) is 1.55. The molecule has 7 heavy (non-hydrogen) atoms. The van der Waals surface area contributed by atoms with Crippen LogP contribution in [0, 0.1) is 0 Å². The van der Waals surface area contributed by atoms with Crippen LogP contribution < -0.4 is 11.5 Å².